The zero-order chi connectivity index (χ0) is 17.0. The van der Waals surface area contributed by atoms with Crippen molar-refractivity contribution in [2.24, 2.45) is 0 Å². The Kier molecular flexibility index (Phi) is 5.86. The molecule has 2 aromatic carbocycles. The van der Waals surface area contributed by atoms with E-state index < -0.39 is 12.1 Å². The van der Waals surface area contributed by atoms with Gasteiger partial charge in [0.15, 0.2) is 5.78 Å². The lowest BCUT2D eigenvalue weighted by molar-refractivity contribution is -0.274. The van der Waals surface area contributed by atoms with Gasteiger partial charge in [0, 0.05) is 20.9 Å². The van der Waals surface area contributed by atoms with Crippen LogP contribution in [0.5, 0.6) is 5.75 Å². The molecule has 0 aliphatic carbocycles. The molecule has 0 aromatic heterocycles. The Bertz CT molecular complexity index is 694. The predicted octanol–water partition coefficient (Wildman–Crippen LogP) is 5.93. The Morgan fingerprint density at radius 2 is 1.65 bits per heavy atom. The van der Waals surface area contributed by atoms with Gasteiger partial charge in [0.2, 0.25) is 0 Å². The van der Waals surface area contributed by atoms with Gasteiger partial charge in [-0.15, -0.1) is 13.2 Å². The minimum Gasteiger partial charge on any atom is -0.406 e. The van der Waals surface area contributed by atoms with E-state index in [2.05, 4.69) is 36.6 Å². The first kappa shape index (κ1) is 18.0. The highest BCUT2D eigenvalue weighted by molar-refractivity contribution is 9.11. The molecule has 2 nitrogen and oxygen atoms in total. The molecule has 0 unspecified atom stereocenters. The highest BCUT2D eigenvalue weighted by atomic mass is 79.9. The van der Waals surface area contributed by atoms with Crippen LogP contribution in [0.25, 0.3) is 0 Å². The van der Waals surface area contributed by atoms with Crippen LogP contribution < -0.4 is 4.74 Å². The third-order valence-electron chi connectivity index (χ3n) is 3.05. The number of hydrogen-bond donors (Lipinski definition) is 0. The molecular weight excluding hydrogens is 441 g/mol. The van der Waals surface area contributed by atoms with E-state index in [4.69, 9.17) is 0 Å². The van der Waals surface area contributed by atoms with Gasteiger partial charge in [0.05, 0.1) is 0 Å². The Morgan fingerprint density at radius 1 is 1.04 bits per heavy atom. The number of Topliss-reactive ketones (excluding diaryl/α,β-unsaturated/α-hetero) is 1. The fourth-order valence-corrected chi connectivity index (χ4v) is 3.42. The summed E-state index contributed by atoms with van der Waals surface area (Å²) in [5, 5.41) is 0. The molecule has 0 spiro atoms. The quantitative estimate of drug-likeness (QED) is 0.527. The third-order valence-corrected chi connectivity index (χ3v) is 4.54. The van der Waals surface area contributed by atoms with Crippen LogP contribution in [0.1, 0.15) is 22.3 Å². The molecule has 0 bridgehead atoms. The number of alkyl halides is 3. The highest BCUT2D eigenvalue weighted by Gasteiger charge is 2.31. The van der Waals surface area contributed by atoms with Gasteiger partial charge in [0.1, 0.15) is 5.75 Å². The van der Waals surface area contributed by atoms with Crippen molar-refractivity contribution < 1.29 is 22.7 Å². The van der Waals surface area contributed by atoms with Crippen LogP contribution in [0.3, 0.4) is 0 Å². The molecule has 122 valence electrons. The van der Waals surface area contributed by atoms with Crippen LogP contribution in [0.2, 0.25) is 0 Å². The minimum atomic E-state index is -4.78. The number of benzene rings is 2. The molecule has 2 aromatic rings. The summed E-state index contributed by atoms with van der Waals surface area (Å²) in [7, 11) is 0. The van der Waals surface area contributed by atoms with E-state index in [9.17, 15) is 18.0 Å². The molecule has 0 aliphatic rings. The van der Waals surface area contributed by atoms with Crippen molar-refractivity contribution in [2.75, 3.05) is 0 Å². The maximum absolute atomic E-state index is 12.2. The second-order valence-corrected chi connectivity index (χ2v) is 6.41. The highest BCUT2D eigenvalue weighted by Crippen LogP contribution is 2.27. The summed E-state index contributed by atoms with van der Waals surface area (Å²) < 4.78 is 42.2. The average molecular weight is 452 g/mol. The van der Waals surface area contributed by atoms with Gasteiger partial charge < -0.3 is 4.74 Å². The fraction of sp³-hybridized carbons (Fsp3) is 0.188. The summed E-state index contributed by atoms with van der Waals surface area (Å²) >= 11 is 6.82. The topological polar surface area (TPSA) is 26.3 Å². The molecule has 7 heteroatoms. The van der Waals surface area contributed by atoms with Gasteiger partial charge in [0.25, 0.3) is 0 Å². The standard InChI is InChI=1S/C16H11Br2F3O2/c17-13-5-2-6-14(18)12(13)7-8-15(22)10-3-1-4-11(9-10)23-16(19,20)21/h1-6,9H,7-8H2. The summed E-state index contributed by atoms with van der Waals surface area (Å²) in [6.45, 7) is 0. The smallest absolute Gasteiger partial charge is 0.406 e. The number of rotatable bonds is 5. The predicted molar refractivity (Wildman–Crippen MR) is 87.6 cm³/mol. The lowest BCUT2D eigenvalue weighted by Crippen LogP contribution is -2.17. The van der Waals surface area contributed by atoms with Crippen LogP contribution in [-0.4, -0.2) is 12.1 Å². The Labute approximate surface area is 147 Å². The van der Waals surface area contributed by atoms with E-state index in [1.165, 1.54) is 12.1 Å². The summed E-state index contributed by atoms with van der Waals surface area (Å²) in [4.78, 5) is 12.2. The summed E-state index contributed by atoms with van der Waals surface area (Å²) in [5.74, 6) is -0.648. The average Bonchev–Trinajstić information content (AvgIpc) is 2.45. The van der Waals surface area contributed by atoms with E-state index in [1.807, 2.05) is 18.2 Å². The van der Waals surface area contributed by atoms with Crippen molar-refractivity contribution in [1.29, 1.82) is 0 Å². The van der Waals surface area contributed by atoms with Crippen LogP contribution >= 0.6 is 31.9 Å². The molecule has 0 N–H and O–H groups in total. The van der Waals surface area contributed by atoms with E-state index in [-0.39, 0.29) is 17.8 Å². The van der Waals surface area contributed by atoms with Crippen molar-refractivity contribution in [3.05, 3.63) is 62.5 Å². The zero-order valence-corrected chi connectivity index (χ0v) is 14.8. The van der Waals surface area contributed by atoms with E-state index in [0.29, 0.717) is 6.42 Å². The molecule has 0 aliphatic heterocycles. The molecule has 0 saturated carbocycles. The number of carbonyl (C=O) groups excluding carboxylic acids is 1. The normalized spacial score (nSPS) is 11.3. The molecule has 0 saturated heterocycles. The lowest BCUT2D eigenvalue weighted by atomic mass is 10.0. The van der Waals surface area contributed by atoms with Gasteiger partial charge in [-0.05, 0) is 36.2 Å². The SMILES string of the molecule is O=C(CCc1c(Br)cccc1Br)c1cccc(OC(F)(F)F)c1. The number of hydrogen-bond acceptors (Lipinski definition) is 2. The van der Waals surface area contributed by atoms with Crippen LogP contribution in [0, 0.1) is 0 Å². The first-order valence-corrected chi connectivity index (χ1v) is 8.17. The Hall–Kier alpha value is -1.34. The molecule has 23 heavy (non-hydrogen) atoms. The molecule has 2 rings (SSSR count). The molecule has 0 fully saturated rings. The van der Waals surface area contributed by atoms with Crippen molar-refractivity contribution in [3.8, 4) is 5.75 Å². The van der Waals surface area contributed by atoms with E-state index in [1.54, 1.807) is 0 Å². The number of ether oxygens (including phenoxy) is 1. The van der Waals surface area contributed by atoms with Crippen LogP contribution in [-0.2, 0) is 6.42 Å². The number of halogens is 5. The van der Waals surface area contributed by atoms with Crippen LogP contribution in [0.4, 0.5) is 13.2 Å². The van der Waals surface area contributed by atoms with Gasteiger partial charge in [-0.1, -0.05) is 50.1 Å². The van der Waals surface area contributed by atoms with Gasteiger partial charge in [-0.2, -0.15) is 0 Å². The summed E-state index contributed by atoms with van der Waals surface area (Å²) in [6.07, 6.45) is -4.14. The Balaban J connectivity index is 2.08. The van der Waals surface area contributed by atoms with Crippen molar-refractivity contribution in [2.45, 2.75) is 19.2 Å². The second kappa shape index (κ2) is 7.49. The number of ketones is 1. The summed E-state index contributed by atoms with van der Waals surface area (Å²) in [6, 6.07) is 10.7. The van der Waals surface area contributed by atoms with Crippen molar-refractivity contribution in [1.82, 2.24) is 0 Å². The lowest BCUT2D eigenvalue weighted by Gasteiger charge is -2.10. The van der Waals surface area contributed by atoms with Gasteiger partial charge in [-0.3, -0.25) is 4.79 Å². The van der Waals surface area contributed by atoms with Crippen molar-refractivity contribution >= 4 is 37.6 Å². The maximum atomic E-state index is 12.2. The molecule has 0 amide bonds. The maximum Gasteiger partial charge on any atom is 0.573 e. The van der Waals surface area contributed by atoms with Gasteiger partial charge in [-0.25, -0.2) is 0 Å². The summed E-state index contributed by atoms with van der Waals surface area (Å²) in [5.41, 5.74) is 1.12. The molecule has 0 radical (unpaired) electrons. The fourth-order valence-electron chi connectivity index (χ4n) is 2.02. The van der Waals surface area contributed by atoms with E-state index in [0.717, 1.165) is 26.6 Å². The third kappa shape index (κ3) is 5.35. The second-order valence-electron chi connectivity index (χ2n) is 4.70. The van der Waals surface area contributed by atoms with E-state index >= 15 is 0 Å². The first-order chi connectivity index (χ1) is 10.8. The minimum absolute atomic E-state index is 0.177. The molecule has 0 heterocycles. The van der Waals surface area contributed by atoms with Crippen molar-refractivity contribution in [3.63, 3.8) is 0 Å². The van der Waals surface area contributed by atoms with Crippen LogP contribution in [0.15, 0.2) is 51.4 Å². The zero-order valence-electron chi connectivity index (χ0n) is 11.7. The Morgan fingerprint density at radius 3 is 2.26 bits per heavy atom. The van der Waals surface area contributed by atoms with Gasteiger partial charge >= 0.3 is 6.36 Å². The monoisotopic (exact) mass is 450 g/mol. The molecular formula is C16H11Br2F3O2. The largest absolute Gasteiger partial charge is 0.573 e. The number of carbonyl (C=O) groups is 1. The first-order valence-electron chi connectivity index (χ1n) is 6.58. The molecule has 0 atom stereocenters.